The summed E-state index contributed by atoms with van der Waals surface area (Å²) in [6.45, 7) is 3.82. The van der Waals surface area contributed by atoms with Gasteiger partial charge in [0.25, 0.3) is 0 Å². The van der Waals surface area contributed by atoms with Crippen molar-refractivity contribution in [1.29, 1.82) is 0 Å². The smallest absolute Gasteiger partial charge is 0.303 e. The fourth-order valence-electron chi connectivity index (χ4n) is 1.39. The number of rotatable bonds is 8. The molecule has 0 heterocycles. The average molecular weight is 216 g/mol. The third-order valence-electron chi connectivity index (χ3n) is 2.39. The molecule has 0 spiro atoms. The van der Waals surface area contributed by atoms with Crippen LogP contribution < -0.4 is 11.1 Å². The first kappa shape index (κ1) is 13.9. The molecule has 1 unspecified atom stereocenters. The second kappa shape index (κ2) is 7.23. The predicted octanol–water partition coefficient (Wildman–Crippen LogP) is 0.483. The number of hydrogen-bond donors (Lipinski definition) is 3. The molecule has 0 saturated carbocycles. The van der Waals surface area contributed by atoms with Crippen molar-refractivity contribution in [3.63, 3.8) is 0 Å². The van der Waals surface area contributed by atoms with Crippen molar-refractivity contribution < 1.29 is 14.7 Å². The van der Waals surface area contributed by atoms with Gasteiger partial charge in [0.15, 0.2) is 0 Å². The van der Waals surface area contributed by atoms with Gasteiger partial charge in [-0.3, -0.25) is 9.59 Å². The Morgan fingerprint density at radius 2 is 1.93 bits per heavy atom. The Bertz CT molecular complexity index is 219. The lowest BCUT2D eigenvalue weighted by Crippen LogP contribution is -2.46. The summed E-state index contributed by atoms with van der Waals surface area (Å²) in [4.78, 5) is 21.4. The van der Waals surface area contributed by atoms with E-state index >= 15 is 0 Å². The van der Waals surface area contributed by atoms with Crippen LogP contribution in [0.5, 0.6) is 0 Å². The van der Waals surface area contributed by atoms with Crippen LogP contribution in [0.2, 0.25) is 0 Å². The highest BCUT2D eigenvalue weighted by Gasteiger charge is 2.17. The highest BCUT2D eigenvalue weighted by Crippen LogP contribution is 2.04. The number of amides is 1. The Balaban J connectivity index is 4.06. The van der Waals surface area contributed by atoms with Gasteiger partial charge >= 0.3 is 5.97 Å². The molecule has 5 heteroatoms. The van der Waals surface area contributed by atoms with E-state index in [-0.39, 0.29) is 24.4 Å². The fourth-order valence-corrected chi connectivity index (χ4v) is 1.39. The Morgan fingerprint density at radius 3 is 2.27 bits per heavy atom. The van der Waals surface area contributed by atoms with Crippen LogP contribution in [0.25, 0.3) is 0 Å². The van der Waals surface area contributed by atoms with Crippen LogP contribution in [0.1, 0.15) is 39.5 Å². The third-order valence-corrected chi connectivity index (χ3v) is 2.39. The molecule has 0 aliphatic carbocycles. The molecule has 4 N–H and O–H groups in total. The number of carbonyl (C=O) groups excluding carboxylic acids is 1. The number of carboxylic acids is 1. The molecule has 0 bridgehead atoms. The molecule has 0 fully saturated rings. The molecule has 1 amide bonds. The van der Waals surface area contributed by atoms with E-state index in [9.17, 15) is 9.59 Å². The average Bonchev–Trinajstić information content (AvgIpc) is 2.17. The monoisotopic (exact) mass is 216 g/mol. The third kappa shape index (κ3) is 6.06. The minimum atomic E-state index is -0.817. The van der Waals surface area contributed by atoms with Gasteiger partial charge < -0.3 is 16.2 Å². The molecular weight excluding hydrogens is 196 g/mol. The molecule has 0 aliphatic rings. The summed E-state index contributed by atoms with van der Waals surface area (Å²) < 4.78 is 0. The molecule has 15 heavy (non-hydrogen) atoms. The van der Waals surface area contributed by atoms with Crippen molar-refractivity contribution in [1.82, 2.24) is 5.32 Å². The van der Waals surface area contributed by atoms with Gasteiger partial charge in [-0.05, 0) is 19.3 Å². The number of hydrogen-bond acceptors (Lipinski definition) is 3. The van der Waals surface area contributed by atoms with E-state index in [4.69, 9.17) is 10.8 Å². The van der Waals surface area contributed by atoms with Gasteiger partial charge in [-0.2, -0.15) is 0 Å². The van der Waals surface area contributed by atoms with Gasteiger partial charge in [0.2, 0.25) is 5.91 Å². The van der Waals surface area contributed by atoms with Gasteiger partial charge in [0.1, 0.15) is 0 Å². The molecule has 0 saturated heterocycles. The zero-order valence-corrected chi connectivity index (χ0v) is 9.32. The first-order chi connectivity index (χ1) is 7.01. The van der Waals surface area contributed by atoms with Crippen molar-refractivity contribution in [2.45, 2.75) is 51.6 Å². The van der Waals surface area contributed by atoms with Crippen LogP contribution >= 0.6 is 0 Å². The number of carbonyl (C=O) groups is 2. The van der Waals surface area contributed by atoms with Crippen molar-refractivity contribution in [3.8, 4) is 0 Å². The van der Waals surface area contributed by atoms with Crippen molar-refractivity contribution >= 4 is 11.9 Å². The molecule has 88 valence electrons. The lowest BCUT2D eigenvalue weighted by atomic mass is 10.1. The minimum absolute atomic E-state index is 0.0403. The predicted molar refractivity (Wildman–Crippen MR) is 57.4 cm³/mol. The first-order valence-electron chi connectivity index (χ1n) is 5.28. The number of carboxylic acid groups (broad SMARTS) is 1. The van der Waals surface area contributed by atoms with Gasteiger partial charge in [-0.15, -0.1) is 0 Å². The summed E-state index contributed by atoms with van der Waals surface area (Å²) >= 11 is 0. The normalized spacial score (nSPS) is 14.5. The zero-order chi connectivity index (χ0) is 11.8. The highest BCUT2D eigenvalue weighted by molar-refractivity contribution is 5.79. The summed E-state index contributed by atoms with van der Waals surface area (Å²) in [6, 6.07) is -0.317. The number of aliphatic carboxylic acids is 1. The van der Waals surface area contributed by atoms with Crippen molar-refractivity contribution in [2.75, 3.05) is 0 Å². The molecular formula is C10H20N2O3. The number of primary amides is 1. The number of nitrogens with one attached hydrogen (secondary N) is 1. The maximum Gasteiger partial charge on any atom is 0.303 e. The van der Waals surface area contributed by atoms with Crippen LogP contribution in [0.4, 0.5) is 0 Å². The van der Waals surface area contributed by atoms with Crippen LogP contribution in [0.3, 0.4) is 0 Å². The molecule has 0 aromatic heterocycles. The van der Waals surface area contributed by atoms with Crippen LogP contribution in [-0.4, -0.2) is 29.1 Å². The topological polar surface area (TPSA) is 92.4 Å². The molecule has 0 rings (SSSR count). The molecule has 0 aromatic carbocycles. The maximum atomic E-state index is 11.0. The Morgan fingerprint density at radius 1 is 1.33 bits per heavy atom. The van der Waals surface area contributed by atoms with Gasteiger partial charge in [-0.25, -0.2) is 0 Å². The van der Waals surface area contributed by atoms with Crippen LogP contribution in [0, 0.1) is 0 Å². The zero-order valence-electron chi connectivity index (χ0n) is 9.32. The lowest BCUT2D eigenvalue weighted by Gasteiger charge is -2.21. The van der Waals surface area contributed by atoms with Gasteiger partial charge in [0, 0.05) is 12.5 Å². The largest absolute Gasteiger partial charge is 0.481 e. The van der Waals surface area contributed by atoms with E-state index in [1.54, 1.807) is 0 Å². The van der Waals surface area contributed by atoms with Gasteiger partial charge in [-0.1, -0.05) is 13.8 Å². The lowest BCUT2D eigenvalue weighted by molar-refractivity contribution is -0.137. The second-order valence-corrected chi connectivity index (χ2v) is 3.57. The summed E-state index contributed by atoms with van der Waals surface area (Å²) in [5.41, 5.74) is 5.19. The van der Waals surface area contributed by atoms with E-state index in [1.807, 2.05) is 13.8 Å². The van der Waals surface area contributed by atoms with Crippen molar-refractivity contribution in [3.05, 3.63) is 0 Å². The molecule has 0 aromatic rings. The first-order valence-corrected chi connectivity index (χ1v) is 5.28. The maximum absolute atomic E-state index is 11.0. The molecule has 0 radical (unpaired) electrons. The quantitative estimate of drug-likeness (QED) is 0.550. The van der Waals surface area contributed by atoms with E-state index in [1.165, 1.54) is 0 Å². The Hall–Kier alpha value is -1.10. The Labute approximate surface area is 90.0 Å². The molecule has 2 atom stereocenters. The summed E-state index contributed by atoms with van der Waals surface area (Å²) in [5.74, 6) is -1.20. The summed E-state index contributed by atoms with van der Waals surface area (Å²) in [7, 11) is 0. The summed E-state index contributed by atoms with van der Waals surface area (Å²) in [6.07, 6.45) is 2.05. The minimum Gasteiger partial charge on any atom is -0.481 e. The van der Waals surface area contributed by atoms with E-state index in [0.717, 1.165) is 6.42 Å². The van der Waals surface area contributed by atoms with E-state index in [2.05, 4.69) is 5.32 Å². The Kier molecular flexibility index (Phi) is 6.70. The summed E-state index contributed by atoms with van der Waals surface area (Å²) in [5, 5.41) is 11.6. The van der Waals surface area contributed by atoms with E-state index in [0.29, 0.717) is 12.8 Å². The SMILES string of the molecule is CCC(N[C@H](CC)CCC(=O)O)C(N)=O. The fraction of sp³-hybridized carbons (Fsp3) is 0.800. The van der Waals surface area contributed by atoms with Gasteiger partial charge in [0.05, 0.1) is 6.04 Å². The molecule has 5 nitrogen and oxygen atoms in total. The van der Waals surface area contributed by atoms with Crippen molar-refractivity contribution in [2.24, 2.45) is 5.73 Å². The molecule has 0 aliphatic heterocycles. The van der Waals surface area contributed by atoms with E-state index < -0.39 is 5.97 Å². The standard InChI is InChI=1S/C10H20N2O3/c1-3-7(5-6-9(13)14)12-8(4-2)10(11)15/h7-8,12H,3-6H2,1-2H3,(H2,11,15)(H,13,14)/t7-,8?/m1/s1. The van der Waals surface area contributed by atoms with Crippen LogP contribution in [0.15, 0.2) is 0 Å². The van der Waals surface area contributed by atoms with Crippen LogP contribution in [-0.2, 0) is 9.59 Å². The second-order valence-electron chi connectivity index (χ2n) is 3.57. The highest BCUT2D eigenvalue weighted by atomic mass is 16.4. The number of nitrogens with two attached hydrogens (primary N) is 1.